The molecule has 3 rings (SSSR count). The number of pyridine rings is 1. The molecule has 86 valence electrons. The lowest BCUT2D eigenvalue weighted by Gasteiger charge is -2.24. The number of hydrogen-bond donors (Lipinski definition) is 1. The molecule has 2 aliphatic rings. The van der Waals surface area contributed by atoms with Gasteiger partial charge in [-0.15, -0.1) is 0 Å². The third kappa shape index (κ3) is 1.53. The van der Waals surface area contributed by atoms with E-state index in [-0.39, 0.29) is 0 Å². The van der Waals surface area contributed by atoms with Crippen LogP contribution < -0.4 is 15.0 Å². The van der Waals surface area contributed by atoms with Crippen molar-refractivity contribution in [1.29, 1.82) is 0 Å². The fourth-order valence-corrected chi connectivity index (χ4v) is 2.80. The van der Waals surface area contributed by atoms with Crippen LogP contribution in [-0.4, -0.2) is 37.8 Å². The number of fused-ring (bicyclic) bond motifs is 1. The number of nitrogens with one attached hydrogen (secondary N) is 1. The van der Waals surface area contributed by atoms with E-state index in [9.17, 15) is 0 Å². The molecule has 0 saturated carbocycles. The van der Waals surface area contributed by atoms with Crippen LogP contribution in [0, 0.1) is 5.92 Å². The van der Waals surface area contributed by atoms with E-state index >= 15 is 0 Å². The fraction of sp³-hybridized carbons (Fsp3) is 0.583. The Morgan fingerprint density at radius 2 is 2.38 bits per heavy atom. The zero-order chi connectivity index (χ0) is 11.0. The highest BCUT2D eigenvalue weighted by molar-refractivity contribution is 5.44. The van der Waals surface area contributed by atoms with Gasteiger partial charge >= 0.3 is 0 Å². The molecule has 2 saturated heterocycles. The number of rotatable bonds is 2. The molecule has 2 atom stereocenters. The second-order valence-electron chi connectivity index (χ2n) is 4.52. The van der Waals surface area contributed by atoms with Crippen LogP contribution in [0.3, 0.4) is 0 Å². The molecule has 3 heterocycles. The van der Waals surface area contributed by atoms with Gasteiger partial charge in [-0.1, -0.05) is 0 Å². The van der Waals surface area contributed by atoms with Gasteiger partial charge in [-0.25, -0.2) is 4.98 Å². The maximum absolute atomic E-state index is 5.13. The van der Waals surface area contributed by atoms with Gasteiger partial charge in [0.2, 0.25) is 0 Å². The summed E-state index contributed by atoms with van der Waals surface area (Å²) in [5.74, 6) is 2.71. The highest BCUT2D eigenvalue weighted by Gasteiger charge is 2.37. The first kappa shape index (κ1) is 9.90. The molecule has 0 radical (unpaired) electrons. The van der Waals surface area contributed by atoms with Crippen molar-refractivity contribution in [1.82, 2.24) is 10.3 Å². The quantitative estimate of drug-likeness (QED) is 0.801. The summed E-state index contributed by atoms with van der Waals surface area (Å²) in [5.41, 5.74) is 0. The predicted octanol–water partition coefficient (Wildman–Crippen LogP) is 0.888. The second kappa shape index (κ2) is 3.94. The van der Waals surface area contributed by atoms with Crippen LogP contribution >= 0.6 is 0 Å². The highest BCUT2D eigenvalue weighted by Crippen LogP contribution is 2.31. The summed E-state index contributed by atoms with van der Waals surface area (Å²) in [4.78, 5) is 6.89. The average Bonchev–Trinajstić information content (AvgIpc) is 2.91. The fourth-order valence-electron chi connectivity index (χ4n) is 2.80. The van der Waals surface area contributed by atoms with Gasteiger partial charge in [0.25, 0.3) is 0 Å². The summed E-state index contributed by atoms with van der Waals surface area (Å²) in [5, 5.41) is 3.45. The van der Waals surface area contributed by atoms with E-state index in [1.807, 2.05) is 6.07 Å². The predicted molar refractivity (Wildman–Crippen MR) is 62.9 cm³/mol. The highest BCUT2D eigenvalue weighted by atomic mass is 16.5. The third-order valence-electron chi connectivity index (χ3n) is 3.70. The van der Waals surface area contributed by atoms with E-state index in [1.54, 1.807) is 13.3 Å². The standard InChI is InChI=1S/C12H17N3O/c1-16-10-2-3-12(14-7-10)15-5-4-9-6-13-8-11(9)15/h2-3,7,9,11,13H,4-6,8H2,1H3/t9-,11+/m0/s1. The van der Waals surface area contributed by atoms with Crippen molar-refractivity contribution in [2.24, 2.45) is 5.92 Å². The normalized spacial score (nSPS) is 28.2. The summed E-state index contributed by atoms with van der Waals surface area (Å²) in [7, 11) is 1.67. The van der Waals surface area contributed by atoms with Crippen LogP contribution in [-0.2, 0) is 0 Å². The van der Waals surface area contributed by atoms with Gasteiger partial charge in [0.15, 0.2) is 0 Å². The number of methoxy groups -OCH3 is 1. The Morgan fingerprint density at radius 3 is 3.12 bits per heavy atom. The summed E-state index contributed by atoms with van der Waals surface area (Å²) in [6.45, 7) is 3.39. The zero-order valence-corrected chi connectivity index (χ0v) is 9.52. The Labute approximate surface area is 95.6 Å². The van der Waals surface area contributed by atoms with Crippen LogP contribution in [0.25, 0.3) is 0 Å². The first-order valence-corrected chi connectivity index (χ1v) is 5.86. The molecule has 0 spiro atoms. The Morgan fingerprint density at radius 1 is 1.44 bits per heavy atom. The molecule has 4 nitrogen and oxygen atoms in total. The van der Waals surface area contributed by atoms with E-state index in [0.29, 0.717) is 6.04 Å². The van der Waals surface area contributed by atoms with Crippen molar-refractivity contribution in [3.8, 4) is 5.75 Å². The molecule has 0 aromatic carbocycles. The third-order valence-corrected chi connectivity index (χ3v) is 3.70. The molecule has 0 unspecified atom stereocenters. The monoisotopic (exact) mass is 219 g/mol. The number of aromatic nitrogens is 1. The maximum atomic E-state index is 5.13. The SMILES string of the molecule is COc1ccc(N2CC[C@H]3CNC[C@H]32)nc1. The lowest BCUT2D eigenvalue weighted by molar-refractivity contribution is 0.413. The largest absolute Gasteiger partial charge is 0.495 e. The van der Waals surface area contributed by atoms with E-state index < -0.39 is 0 Å². The van der Waals surface area contributed by atoms with Crippen LogP contribution in [0.2, 0.25) is 0 Å². The zero-order valence-electron chi connectivity index (χ0n) is 9.52. The van der Waals surface area contributed by atoms with Gasteiger partial charge in [0.05, 0.1) is 13.3 Å². The van der Waals surface area contributed by atoms with Gasteiger partial charge in [0, 0.05) is 25.7 Å². The van der Waals surface area contributed by atoms with Gasteiger partial charge < -0.3 is 15.0 Å². The number of ether oxygens (including phenoxy) is 1. The molecular weight excluding hydrogens is 202 g/mol. The topological polar surface area (TPSA) is 37.4 Å². The smallest absolute Gasteiger partial charge is 0.137 e. The first-order valence-electron chi connectivity index (χ1n) is 5.86. The molecule has 1 N–H and O–H groups in total. The summed E-state index contributed by atoms with van der Waals surface area (Å²) in [6, 6.07) is 4.68. The maximum Gasteiger partial charge on any atom is 0.137 e. The number of anilines is 1. The van der Waals surface area contributed by atoms with E-state index in [2.05, 4.69) is 21.3 Å². The minimum atomic E-state index is 0.640. The lowest BCUT2D eigenvalue weighted by atomic mass is 10.1. The second-order valence-corrected chi connectivity index (χ2v) is 4.52. The molecule has 1 aromatic heterocycles. The minimum absolute atomic E-state index is 0.640. The Bertz CT molecular complexity index is 365. The van der Waals surface area contributed by atoms with E-state index in [4.69, 9.17) is 4.74 Å². The molecule has 1 aromatic rings. The summed E-state index contributed by atoms with van der Waals surface area (Å²) >= 11 is 0. The molecule has 16 heavy (non-hydrogen) atoms. The molecular formula is C12H17N3O. The number of hydrogen-bond acceptors (Lipinski definition) is 4. The Kier molecular flexibility index (Phi) is 2.44. The first-order chi connectivity index (χ1) is 7.88. The van der Waals surface area contributed by atoms with E-state index in [1.165, 1.54) is 6.42 Å². The minimum Gasteiger partial charge on any atom is -0.495 e. The summed E-state index contributed by atoms with van der Waals surface area (Å²) < 4.78 is 5.13. The van der Waals surface area contributed by atoms with Crippen LogP contribution in [0.4, 0.5) is 5.82 Å². The lowest BCUT2D eigenvalue weighted by Crippen LogP contribution is -2.34. The molecule has 2 fully saturated rings. The Balaban J connectivity index is 1.81. The van der Waals surface area contributed by atoms with Crippen molar-refractivity contribution in [2.75, 3.05) is 31.6 Å². The molecule has 2 aliphatic heterocycles. The van der Waals surface area contributed by atoms with Crippen molar-refractivity contribution >= 4 is 5.82 Å². The van der Waals surface area contributed by atoms with E-state index in [0.717, 1.165) is 37.1 Å². The van der Waals surface area contributed by atoms with Crippen LogP contribution in [0.5, 0.6) is 5.75 Å². The van der Waals surface area contributed by atoms with Gasteiger partial charge in [0.1, 0.15) is 11.6 Å². The average molecular weight is 219 g/mol. The summed E-state index contributed by atoms with van der Waals surface area (Å²) in [6.07, 6.45) is 3.08. The molecule has 0 bridgehead atoms. The van der Waals surface area contributed by atoms with Crippen LogP contribution in [0.15, 0.2) is 18.3 Å². The van der Waals surface area contributed by atoms with Crippen molar-refractivity contribution in [2.45, 2.75) is 12.5 Å². The van der Waals surface area contributed by atoms with Gasteiger partial charge in [-0.2, -0.15) is 0 Å². The van der Waals surface area contributed by atoms with Crippen molar-refractivity contribution in [3.63, 3.8) is 0 Å². The van der Waals surface area contributed by atoms with Crippen LogP contribution in [0.1, 0.15) is 6.42 Å². The number of nitrogens with zero attached hydrogens (tertiary/aromatic N) is 2. The van der Waals surface area contributed by atoms with Crippen molar-refractivity contribution in [3.05, 3.63) is 18.3 Å². The Hall–Kier alpha value is -1.29. The van der Waals surface area contributed by atoms with Gasteiger partial charge in [-0.3, -0.25) is 0 Å². The molecule has 4 heteroatoms. The molecule has 0 aliphatic carbocycles. The molecule has 0 amide bonds. The van der Waals surface area contributed by atoms with Gasteiger partial charge in [-0.05, 0) is 24.5 Å². The van der Waals surface area contributed by atoms with Crippen molar-refractivity contribution < 1.29 is 4.74 Å².